The summed E-state index contributed by atoms with van der Waals surface area (Å²) in [4.78, 5) is 54.4. The molecule has 0 aliphatic carbocycles. The fourth-order valence-electron chi connectivity index (χ4n) is 4.53. The van der Waals surface area contributed by atoms with E-state index in [4.69, 9.17) is 47.5 Å². The summed E-state index contributed by atoms with van der Waals surface area (Å²) in [6, 6.07) is 8.66. The molecule has 17 heteroatoms. The number of benzene rings is 1. The molecule has 0 radical (unpaired) electrons. The Labute approximate surface area is 332 Å². The molecule has 0 fully saturated rings. The van der Waals surface area contributed by atoms with Gasteiger partial charge in [0, 0.05) is 26.2 Å². The maximum atomic E-state index is 13.1. The van der Waals surface area contributed by atoms with E-state index in [0.717, 1.165) is 18.6 Å². The number of ketones is 1. The van der Waals surface area contributed by atoms with Crippen LogP contribution in [0, 0.1) is 0 Å². The van der Waals surface area contributed by atoms with Crippen LogP contribution in [0.3, 0.4) is 0 Å². The summed E-state index contributed by atoms with van der Waals surface area (Å²) in [5.41, 5.74) is 2.45. The van der Waals surface area contributed by atoms with Crippen molar-refractivity contribution < 1.29 is 66.6 Å². The molecule has 0 unspecified atom stereocenters. The molecule has 3 N–H and O–H groups in total. The van der Waals surface area contributed by atoms with Crippen LogP contribution in [0.4, 0.5) is 9.59 Å². The summed E-state index contributed by atoms with van der Waals surface area (Å²) in [5.74, 6) is -0.533. The Morgan fingerprint density at radius 2 is 1.20 bits per heavy atom. The second kappa shape index (κ2) is 34.8. The van der Waals surface area contributed by atoms with Gasteiger partial charge in [0.05, 0.1) is 85.3 Å². The fraction of sp³-hybridized carbons (Fsp3) is 0.744. The van der Waals surface area contributed by atoms with Gasteiger partial charge in [0.15, 0.2) is 5.78 Å². The smallest absolute Gasteiger partial charge is 0.431 e. The van der Waals surface area contributed by atoms with Crippen molar-refractivity contribution in [3.8, 4) is 0 Å². The average Bonchev–Trinajstić information content (AvgIpc) is 3.16. The lowest BCUT2D eigenvalue weighted by atomic mass is 10.0. The first-order chi connectivity index (χ1) is 27.1. The first kappa shape index (κ1) is 50.6. The van der Waals surface area contributed by atoms with Gasteiger partial charge < -0.3 is 53.3 Å². The van der Waals surface area contributed by atoms with Crippen molar-refractivity contribution in [2.24, 2.45) is 0 Å². The van der Waals surface area contributed by atoms with Crippen molar-refractivity contribution in [3.05, 3.63) is 35.9 Å². The molecule has 1 rings (SSSR count). The summed E-state index contributed by atoms with van der Waals surface area (Å²) in [7, 11) is 0. The summed E-state index contributed by atoms with van der Waals surface area (Å²) >= 11 is 0. The second-order valence-corrected chi connectivity index (χ2v) is 13.4. The van der Waals surface area contributed by atoms with E-state index < -0.39 is 29.7 Å². The first-order valence-electron chi connectivity index (χ1n) is 19.5. The van der Waals surface area contributed by atoms with Gasteiger partial charge in [0.2, 0.25) is 5.91 Å². The summed E-state index contributed by atoms with van der Waals surface area (Å²) in [6.45, 7) is 13.0. The van der Waals surface area contributed by atoms with Crippen molar-refractivity contribution in [1.29, 1.82) is 0 Å². The van der Waals surface area contributed by atoms with Crippen LogP contribution < -0.4 is 16.1 Å². The number of amides is 3. The molecule has 0 bridgehead atoms. The standard InChI is InChI=1S/C39H67N3O14/c1-5-17-47-19-21-49-23-24-50-25-26-51-27-28-53-32-36(44)41-34(14-9-10-16-40-37(45)54-31-33-12-7-6-8-13-33)35(43)15-11-18-48-20-22-52-29-30-55-42-38(46)56-39(2,3)4/h6-8,12-13,34H,5,9-11,14-32H2,1-4H3,(H,40,45)(H,41,44)(H,42,46)/t34-/m0/s1. The number of hydrogen-bond donors (Lipinski definition) is 3. The maximum absolute atomic E-state index is 13.1. The van der Waals surface area contributed by atoms with E-state index in [9.17, 15) is 19.2 Å². The lowest BCUT2D eigenvalue weighted by Gasteiger charge is -2.19. The minimum Gasteiger partial charge on any atom is -0.445 e. The van der Waals surface area contributed by atoms with E-state index >= 15 is 0 Å². The predicted octanol–water partition coefficient (Wildman–Crippen LogP) is 3.90. The minimum atomic E-state index is -0.713. The molecule has 17 nitrogen and oxygen atoms in total. The number of nitrogens with one attached hydrogen (secondary N) is 3. The molecule has 0 spiro atoms. The summed E-state index contributed by atoms with van der Waals surface area (Å²) in [5, 5.41) is 5.51. The molecule has 3 amide bonds. The zero-order valence-electron chi connectivity index (χ0n) is 33.9. The molecule has 1 atom stereocenters. The van der Waals surface area contributed by atoms with Gasteiger partial charge in [0.1, 0.15) is 18.8 Å². The molecule has 0 aliphatic heterocycles. The maximum Gasteiger partial charge on any atom is 0.431 e. The van der Waals surface area contributed by atoms with E-state index in [1.54, 1.807) is 20.8 Å². The number of rotatable bonds is 36. The molecule has 0 aromatic heterocycles. The highest BCUT2D eigenvalue weighted by Crippen LogP contribution is 2.08. The van der Waals surface area contributed by atoms with Gasteiger partial charge >= 0.3 is 12.2 Å². The zero-order chi connectivity index (χ0) is 41.0. The number of carbonyl (C=O) groups is 4. The Hall–Kier alpha value is -3.42. The van der Waals surface area contributed by atoms with Gasteiger partial charge in [-0.2, -0.15) is 5.48 Å². The van der Waals surface area contributed by atoms with Crippen LogP contribution in [0.15, 0.2) is 30.3 Å². The van der Waals surface area contributed by atoms with Crippen LogP contribution in [-0.2, 0) is 63.7 Å². The molecule has 322 valence electrons. The third-order valence-corrected chi connectivity index (χ3v) is 7.16. The Balaban J connectivity index is 2.28. The van der Waals surface area contributed by atoms with Crippen LogP contribution in [0.5, 0.6) is 0 Å². The first-order valence-corrected chi connectivity index (χ1v) is 19.5. The summed E-state index contributed by atoms with van der Waals surface area (Å²) in [6.07, 6.45) is 2.01. The number of Topliss-reactive ketones (excluding diaryl/α,β-unsaturated/α-hetero) is 1. The Bertz CT molecular complexity index is 1140. The molecule has 0 saturated carbocycles. The second-order valence-electron chi connectivity index (χ2n) is 13.4. The molecule has 0 aliphatic rings. The fourth-order valence-corrected chi connectivity index (χ4v) is 4.53. The van der Waals surface area contributed by atoms with Crippen molar-refractivity contribution >= 4 is 23.9 Å². The van der Waals surface area contributed by atoms with Crippen LogP contribution in [0.25, 0.3) is 0 Å². The quantitative estimate of drug-likeness (QED) is 0.0653. The SMILES string of the molecule is CCCOCCOCCOCCOCCOCC(=O)N[C@@H](CCCCNC(=O)OCc1ccccc1)C(=O)CCCOCCOCCONC(=O)OC(C)(C)C. The van der Waals surface area contributed by atoms with E-state index in [0.29, 0.717) is 91.7 Å². The van der Waals surface area contributed by atoms with Crippen LogP contribution in [0.2, 0.25) is 0 Å². The molecule has 0 saturated heterocycles. The third-order valence-electron chi connectivity index (χ3n) is 7.16. The molecule has 1 aromatic rings. The zero-order valence-corrected chi connectivity index (χ0v) is 33.9. The van der Waals surface area contributed by atoms with Gasteiger partial charge in [0.25, 0.3) is 0 Å². The highest BCUT2D eigenvalue weighted by molar-refractivity contribution is 5.89. The van der Waals surface area contributed by atoms with E-state index in [-0.39, 0.29) is 51.8 Å². The predicted molar refractivity (Wildman–Crippen MR) is 206 cm³/mol. The number of carbonyl (C=O) groups excluding carboxylic acids is 4. The molecular formula is C39H67N3O14. The van der Waals surface area contributed by atoms with Crippen LogP contribution >= 0.6 is 0 Å². The molecule has 1 aromatic carbocycles. The monoisotopic (exact) mass is 801 g/mol. The number of hydroxylamine groups is 1. The largest absolute Gasteiger partial charge is 0.445 e. The Kier molecular flexibility index (Phi) is 31.4. The van der Waals surface area contributed by atoms with E-state index in [2.05, 4.69) is 23.0 Å². The number of hydrogen-bond acceptors (Lipinski definition) is 14. The highest BCUT2D eigenvalue weighted by atomic mass is 16.7. The lowest BCUT2D eigenvalue weighted by Crippen LogP contribution is -2.42. The average molecular weight is 802 g/mol. The third kappa shape index (κ3) is 32.8. The van der Waals surface area contributed by atoms with Crippen molar-refractivity contribution in [1.82, 2.24) is 16.1 Å². The minimum absolute atomic E-state index is 0.123. The van der Waals surface area contributed by atoms with Gasteiger partial charge in [-0.3, -0.25) is 14.4 Å². The van der Waals surface area contributed by atoms with E-state index in [1.807, 2.05) is 30.3 Å². The number of unbranched alkanes of at least 4 members (excludes halogenated alkanes) is 1. The Morgan fingerprint density at radius 1 is 0.643 bits per heavy atom. The Morgan fingerprint density at radius 3 is 1.79 bits per heavy atom. The highest BCUT2D eigenvalue weighted by Gasteiger charge is 2.20. The molecular weight excluding hydrogens is 734 g/mol. The van der Waals surface area contributed by atoms with Crippen molar-refractivity contribution in [2.75, 3.05) is 106 Å². The number of ether oxygens (including phenoxy) is 9. The lowest BCUT2D eigenvalue weighted by molar-refractivity contribution is -0.131. The van der Waals surface area contributed by atoms with Crippen molar-refractivity contribution in [3.63, 3.8) is 0 Å². The molecule has 0 heterocycles. The topological polar surface area (TPSA) is 197 Å². The van der Waals surface area contributed by atoms with Crippen molar-refractivity contribution in [2.45, 2.75) is 84.5 Å². The van der Waals surface area contributed by atoms with Crippen LogP contribution in [-0.4, -0.2) is 141 Å². The van der Waals surface area contributed by atoms with Gasteiger partial charge in [-0.05, 0) is 58.4 Å². The van der Waals surface area contributed by atoms with Gasteiger partial charge in [-0.25, -0.2) is 9.59 Å². The summed E-state index contributed by atoms with van der Waals surface area (Å²) < 4.78 is 48.4. The van der Waals surface area contributed by atoms with Crippen LogP contribution in [0.1, 0.15) is 71.8 Å². The van der Waals surface area contributed by atoms with E-state index in [1.165, 1.54) is 0 Å². The normalized spacial score (nSPS) is 11.9. The van der Waals surface area contributed by atoms with Gasteiger partial charge in [-0.15, -0.1) is 0 Å². The van der Waals surface area contributed by atoms with Gasteiger partial charge in [-0.1, -0.05) is 37.3 Å². The number of alkyl carbamates (subject to hydrolysis) is 1. The molecule has 56 heavy (non-hydrogen) atoms.